The number of esters is 1. The van der Waals surface area contributed by atoms with Crippen LogP contribution in [-0.4, -0.2) is 33.2 Å². The highest BCUT2D eigenvalue weighted by molar-refractivity contribution is 7.20. The molecule has 10 heteroatoms. The zero-order valence-corrected chi connectivity index (χ0v) is 18.7. The lowest BCUT2D eigenvalue weighted by Crippen LogP contribution is -2.21. The van der Waals surface area contributed by atoms with E-state index in [4.69, 9.17) is 4.74 Å². The van der Waals surface area contributed by atoms with Crippen LogP contribution in [0.15, 0.2) is 54.6 Å². The largest absolute Gasteiger partial charge is 0.451 e. The number of aromatic nitrogens is 2. The average molecular weight is 465 g/mol. The van der Waals surface area contributed by atoms with Gasteiger partial charge in [-0.2, -0.15) is 5.10 Å². The molecule has 9 nitrogen and oxygen atoms in total. The van der Waals surface area contributed by atoms with Gasteiger partial charge < -0.3 is 10.1 Å². The van der Waals surface area contributed by atoms with Crippen LogP contribution in [0.1, 0.15) is 26.5 Å². The Hall–Kier alpha value is -4.05. The average Bonchev–Trinajstić information content (AvgIpc) is 3.35. The summed E-state index contributed by atoms with van der Waals surface area (Å²) in [6.45, 7) is 3.52. The summed E-state index contributed by atoms with van der Waals surface area (Å²) in [5.74, 6) is -1.30. The molecule has 2 heterocycles. The Labute approximate surface area is 192 Å². The summed E-state index contributed by atoms with van der Waals surface area (Å²) in [5, 5.41) is 19.1. The number of nitrogens with one attached hydrogen (secondary N) is 1. The number of nitro groups is 1. The van der Waals surface area contributed by atoms with Gasteiger partial charge in [0.25, 0.3) is 11.6 Å². The van der Waals surface area contributed by atoms with Crippen molar-refractivity contribution in [3.05, 3.63) is 86.4 Å². The van der Waals surface area contributed by atoms with Crippen molar-refractivity contribution in [1.82, 2.24) is 9.78 Å². The highest BCUT2D eigenvalue weighted by Gasteiger charge is 2.21. The minimum atomic E-state index is -0.659. The Balaban J connectivity index is 1.45. The molecule has 0 aliphatic carbocycles. The van der Waals surface area contributed by atoms with Crippen molar-refractivity contribution in [3.8, 4) is 0 Å². The maximum Gasteiger partial charge on any atom is 0.348 e. The molecule has 33 heavy (non-hydrogen) atoms. The van der Waals surface area contributed by atoms with Gasteiger partial charge in [-0.1, -0.05) is 42.5 Å². The van der Waals surface area contributed by atoms with Crippen LogP contribution in [0.3, 0.4) is 0 Å². The van der Waals surface area contributed by atoms with Crippen molar-refractivity contribution in [1.29, 1.82) is 0 Å². The molecule has 0 spiro atoms. The lowest BCUT2D eigenvalue weighted by atomic mass is 10.1. The van der Waals surface area contributed by atoms with Gasteiger partial charge in [-0.25, -0.2) is 4.79 Å². The SMILES string of the molecule is Cc1cccc([N+](=O)[O-])c1NC(=O)COC(=O)c1cc2c(C)nn(Cc3ccccc3)c2s1. The molecule has 0 aliphatic rings. The molecule has 0 saturated carbocycles. The molecule has 0 unspecified atom stereocenters. The zero-order valence-electron chi connectivity index (χ0n) is 17.9. The Morgan fingerprint density at radius 3 is 2.64 bits per heavy atom. The molecule has 1 N–H and O–H groups in total. The predicted molar refractivity (Wildman–Crippen MR) is 125 cm³/mol. The van der Waals surface area contributed by atoms with Gasteiger partial charge in [0.2, 0.25) is 0 Å². The Kier molecular flexibility index (Phi) is 6.18. The molecule has 1 amide bonds. The fourth-order valence-electron chi connectivity index (χ4n) is 3.42. The Morgan fingerprint density at radius 1 is 1.15 bits per heavy atom. The summed E-state index contributed by atoms with van der Waals surface area (Å²) in [7, 11) is 0. The quantitative estimate of drug-likeness (QED) is 0.245. The third kappa shape index (κ3) is 4.75. The van der Waals surface area contributed by atoms with E-state index < -0.39 is 23.4 Å². The van der Waals surface area contributed by atoms with Gasteiger partial charge in [0.05, 0.1) is 17.2 Å². The number of rotatable bonds is 7. The first-order valence-corrected chi connectivity index (χ1v) is 10.9. The molecule has 0 bridgehead atoms. The monoisotopic (exact) mass is 464 g/mol. The zero-order chi connectivity index (χ0) is 23.5. The first-order valence-electron chi connectivity index (χ1n) is 10.1. The van der Waals surface area contributed by atoms with E-state index in [0.29, 0.717) is 17.0 Å². The van der Waals surface area contributed by atoms with Crippen molar-refractivity contribution in [2.45, 2.75) is 20.4 Å². The lowest BCUT2D eigenvalue weighted by Gasteiger charge is -2.09. The molecule has 2 aromatic heterocycles. The van der Waals surface area contributed by atoms with E-state index in [-0.39, 0.29) is 11.4 Å². The van der Waals surface area contributed by atoms with Crippen LogP contribution in [0.25, 0.3) is 10.2 Å². The third-order valence-electron chi connectivity index (χ3n) is 5.03. The van der Waals surface area contributed by atoms with Crippen LogP contribution in [0, 0.1) is 24.0 Å². The fraction of sp³-hybridized carbons (Fsp3) is 0.174. The fourth-order valence-corrected chi connectivity index (χ4v) is 4.48. The van der Waals surface area contributed by atoms with E-state index in [1.807, 2.05) is 41.9 Å². The molecule has 4 aromatic rings. The maximum absolute atomic E-state index is 12.6. The number of benzene rings is 2. The number of nitro benzene ring substituents is 1. The number of hydrogen-bond donors (Lipinski definition) is 1. The number of carbonyl (C=O) groups excluding carboxylic acids is 2. The number of ether oxygens (including phenoxy) is 1. The van der Waals surface area contributed by atoms with Gasteiger partial charge in [-0.3, -0.25) is 19.6 Å². The predicted octanol–water partition coefficient (Wildman–Crippen LogP) is 4.47. The number of carbonyl (C=O) groups is 2. The highest BCUT2D eigenvalue weighted by atomic mass is 32.1. The van der Waals surface area contributed by atoms with Crippen LogP contribution >= 0.6 is 11.3 Å². The van der Waals surface area contributed by atoms with E-state index in [2.05, 4.69) is 10.4 Å². The Bertz CT molecular complexity index is 1360. The number of fused-ring (bicyclic) bond motifs is 1. The standard InChI is InChI=1S/C23H20N4O5S/c1-14-7-6-10-18(27(30)31)21(14)24-20(28)13-32-23(29)19-11-17-15(2)25-26(22(17)33-19)12-16-8-4-3-5-9-16/h3-11H,12-13H2,1-2H3,(H,24,28). The Morgan fingerprint density at radius 2 is 1.91 bits per heavy atom. The van der Waals surface area contributed by atoms with Gasteiger partial charge in [0.1, 0.15) is 15.4 Å². The van der Waals surface area contributed by atoms with Gasteiger partial charge in [0.15, 0.2) is 6.61 Å². The maximum atomic E-state index is 12.6. The number of amides is 1. The second kappa shape index (κ2) is 9.21. The van der Waals surface area contributed by atoms with Gasteiger partial charge in [-0.05, 0) is 31.0 Å². The molecule has 4 rings (SSSR count). The summed E-state index contributed by atoms with van der Waals surface area (Å²) in [4.78, 5) is 36.7. The van der Waals surface area contributed by atoms with Crippen LogP contribution in [0.2, 0.25) is 0 Å². The number of anilines is 1. The smallest absolute Gasteiger partial charge is 0.348 e. The number of thiophene rings is 1. The normalized spacial score (nSPS) is 10.8. The van der Waals surface area contributed by atoms with Crippen LogP contribution in [0.4, 0.5) is 11.4 Å². The first-order chi connectivity index (χ1) is 15.8. The van der Waals surface area contributed by atoms with E-state index >= 15 is 0 Å². The second-order valence-electron chi connectivity index (χ2n) is 7.41. The van der Waals surface area contributed by atoms with E-state index in [1.165, 1.54) is 23.5 Å². The van der Waals surface area contributed by atoms with Gasteiger partial charge in [-0.15, -0.1) is 11.3 Å². The number of aryl methyl sites for hydroxylation is 2. The van der Waals surface area contributed by atoms with Crippen molar-refractivity contribution >= 4 is 44.8 Å². The summed E-state index contributed by atoms with van der Waals surface area (Å²) in [5.41, 5.74) is 2.27. The van der Waals surface area contributed by atoms with Crippen molar-refractivity contribution in [2.24, 2.45) is 0 Å². The molecular weight excluding hydrogens is 444 g/mol. The second-order valence-corrected chi connectivity index (χ2v) is 8.44. The molecule has 2 aromatic carbocycles. The topological polar surface area (TPSA) is 116 Å². The van der Waals surface area contributed by atoms with E-state index in [0.717, 1.165) is 21.5 Å². The molecule has 0 aliphatic heterocycles. The van der Waals surface area contributed by atoms with E-state index in [1.54, 1.807) is 19.1 Å². The molecule has 0 atom stereocenters. The third-order valence-corrected chi connectivity index (χ3v) is 6.16. The van der Waals surface area contributed by atoms with Crippen molar-refractivity contribution in [3.63, 3.8) is 0 Å². The van der Waals surface area contributed by atoms with Gasteiger partial charge >= 0.3 is 5.97 Å². The number of para-hydroxylation sites is 1. The molecular formula is C23H20N4O5S. The van der Waals surface area contributed by atoms with Crippen LogP contribution in [0.5, 0.6) is 0 Å². The van der Waals surface area contributed by atoms with Crippen molar-refractivity contribution < 1.29 is 19.2 Å². The summed E-state index contributed by atoms with van der Waals surface area (Å²) >= 11 is 1.24. The first kappa shape index (κ1) is 22.2. The molecule has 168 valence electrons. The summed E-state index contributed by atoms with van der Waals surface area (Å²) in [6.07, 6.45) is 0. The number of nitrogens with zero attached hydrogens (tertiary/aromatic N) is 3. The summed E-state index contributed by atoms with van der Waals surface area (Å²) in [6, 6.07) is 16.0. The molecule has 0 saturated heterocycles. The molecule has 0 radical (unpaired) electrons. The molecule has 0 fully saturated rings. The van der Waals surface area contributed by atoms with E-state index in [9.17, 15) is 19.7 Å². The minimum Gasteiger partial charge on any atom is -0.451 e. The summed E-state index contributed by atoms with van der Waals surface area (Å²) < 4.78 is 7.00. The number of hydrogen-bond acceptors (Lipinski definition) is 7. The minimum absolute atomic E-state index is 0.0852. The van der Waals surface area contributed by atoms with Crippen LogP contribution < -0.4 is 5.32 Å². The van der Waals surface area contributed by atoms with Crippen molar-refractivity contribution in [2.75, 3.05) is 11.9 Å². The highest BCUT2D eigenvalue weighted by Crippen LogP contribution is 2.30. The van der Waals surface area contributed by atoms with Crippen LogP contribution in [-0.2, 0) is 16.1 Å². The lowest BCUT2D eigenvalue weighted by molar-refractivity contribution is -0.384. The van der Waals surface area contributed by atoms with Gasteiger partial charge in [0, 0.05) is 11.5 Å².